The largest absolute Gasteiger partial charge is 0.351 e. The molecule has 0 unspecified atom stereocenters. The van der Waals surface area contributed by atoms with Crippen LogP contribution >= 0.6 is 22.7 Å². The third-order valence-electron chi connectivity index (χ3n) is 3.70. The van der Waals surface area contributed by atoms with E-state index in [-0.39, 0.29) is 11.8 Å². The van der Waals surface area contributed by atoms with Crippen LogP contribution in [0.25, 0.3) is 10.6 Å². The third-order valence-corrected chi connectivity index (χ3v) is 5.58. The van der Waals surface area contributed by atoms with Gasteiger partial charge in [-0.2, -0.15) is 0 Å². The van der Waals surface area contributed by atoms with Gasteiger partial charge in [0.2, 0.25) is 5.91 Å². The van der Waals surface area contributed by atoms with Crippen LogP contribution in [-0.2, 0) is 11.3 Å². The van der Waals surface area contributed by atoms with Crippen molar-refractivity contribution in [3.63, 3.8) is 0 Å². The van der Waals surface area contributed by atoms with Gasteiger partial charge in [-0.05, 0) is 31.9 Å². The quantitative estimate of drug-likeness (QED) is 0.928. The molecule has 2 aromatic rings. The number of hydrogen-bond acceptors (Lipinski definition) is 4. The number of thiazole rings is 1. The maximum Gasteiger partial charge on any atom is 0.223 e. The minimum Gasteiger partial charge on any atom is -0.351 e. The molecule has 5 heteroatoms. The summed E-state index contributed by atoms with van der Waals surface area (Å²) in [5.41, 5.74) is 1.05. The molecule has 0 atom stereocenters. The van der Waals surface area contributed by atoms with Crippen LogP contribution in [0.1, 0.15) is 35.6 Å². The summed E-state index contributed by atoms with van der Waals surface area (Å²) in [6, 6.07) is 4.18. The molecule has 0 aromatic carbocycles. The lowest BCUT2D eigenvalue weighted by molar-refractivity contribution is -0.124. The molecule has 20 heavy (non-hydrogen) atoms. The molecule has 3 nitrogen and oxygen atoms in total. The Balaban J connectivity index is 1.58. The van der Waals surface area contributed by atoms with E-state index in [1.54, 1.807) is 22.7 Å². The van der Waals surface area contributed by atoms with Crippen LogP contribution in [0.2, 0.25) is 0 Å². The summed E-state index contributed by atoms with van der Waals surface area (Å²) in [5, 5.41) is 6.24. The van der Waals surface area contributed by atoms with Crippen molar-refractivity contribution < 1.29 is 4.79 Å². The van der Waals surface area contributed by atoms with Gasteiger partial charge in [0.1, 0.15) is 0 Å². The van der Waals surface area contributed by atoms with Gasteiger partial charge >= 0.3 is 0 Å². The van der Waals surface area contributed by atoms with Crippen LogP contribution < -0.4 is 5.32 Å². The first-order chi connectivity index (χ1) is 9.72. The Labute approximate surface area is 127 Å². The second kappa shape index (κ2) is 6.06. The van der Waals surface area contributed by atoms with Crippen molar-refractivity contribution in [2.75, 3.05) is 0 Å². The Kier molecular flexibility index (Phi) is 4.17. The zero-order valence-corrected chi connectivity index (χ0v) is 13.1. The third kappa shape index (κ3) is 3.10. The molecule has 106 valence electrons. The van der Waals surface area contributed by atoms with Crippen molar-refractivity contribution in [2.45, 2.75) is 39.2 Å². The van der Waals surface area contributed by atoms with E-state index in [0.717, 1.165) is 23.5 Å². The highest BCUT2D eigenvalue weighted by atomic mass is 32.1. The minimum absolute atomic E-state index is 0.224. The van der Waals surface area contributed by atoms with Crippen LogP contribution in [-0.4, -0.2) is 10.9 Å². The number of nitrogens with zero attached hydrogens (tertiary/aromatic N) is 1. The van der Waals surface area contributed by atoms with Crippen LogP contribution in [0.4, 0.5) is 0 Å². The first kappa shape index (κ1) is 13.8. The molecule has 1 aliphatic carbocycles. The number of rotatable bonds is 4. The van der Waals surface area contributed by atoms with E-state index >= 15 is 0 Å². The number of hydrogen-bond donors (Lipinski definition) is 1. The van der Waals surface area contributed by atoms with Crippen LogP contribution in [0, 0.1) is 12.8 Å². The fraction of sp³-hybridized carbons (Fsp3) is 0.467. The normalized spacial score (nSPS) is 15.7. The minimum atomic E-state index is 0.224. The fourth-order valence-electron chi connectivity index (χ4n) is 2.59. The van der Waals surface area contributed by atoms with Crippen molar-refractivity contribution in [3.05, 3.63) is 27.4 Å². The smallest absolute Gasteiger partial charge is 0.223 e. The van der Waals surface area contributed by atoms with E-state index < -0.39 is 0 Å². The van der Waals surface area contributed by atoms with E-state index in [1.807, 2.05) is 6.92 Å². The average Bonchev–Trinajstić information content (AvgIpc) is 3.16. The van der Waals surface area contributed by atoms with Crippen molar-refractivity contribution in [3.8, 4) is 10.6 Å². The van der Waals surface area contributed by atoms with E-state index in [9.17, 15) is 4.79 Å². The van der Waals surface area contributed by atoms with Gasteiger partial charge in [0.25, 0.3) is 0 Å². The number of nitrogens with one attached hydrogen (secondary N) is 1. The number of carbonyl (C=O) groups excluding carboxylic acids is 1. The molecule has 0 aliphatic heterocycles. The van der Waals surface area contributed by atoms with Gasteiger partial charge in [0, 0.05) is 16.2 Å². The first-order valence-corrected chi connectivity index (χ1v) is 8.71. The Hall–Kier alpha value is -1.20. The lowest BCUT2D eigenvalue weighted by atomic mass is 10.1. The molecule has 0 radical (unpaired) electrons. The maximum atomic E-state index is 12.0. The molecule has 2 aromatic heterocycles. The highest BCUT2D eigenvalue weighted by Crippen LogP contribution is 2.29. The van der Waals surface area contributed by atoms with E-state index in [4.69, 9.17) is 0 Å². The summed E-state index contributed by atoms with van der Waals surface area (Å²) < 4.78 is 0. The second-order valence-corrected chi connectivity index (χ2v) is 7.45. The van der Waals surface area contributed by atoms with E-state index in [2.05, 4.69) is 27.8 Å². The summed E-state index contributed by atoms with van der Waals surface area (Å²) in [5.74, 6) is 0.470. The van der Waals surface area contributed by atoms with Crippen molar-refractivity contribution in [1.29, 1.82) is 0 Å². The fourth-order valence-corrected chi connectivity index (χ4v) is 4.19. The lowest BCUT2D eigenvalue weighted by Crippen LogP contribution is -2.28. The Bertz CT molecular complexity index is 597. The molecule has 1 aliphatic rings. The molecular formula is C15H18N2OS2. The van der Waals surface area contributed by atoms with Crippen molar-refractivity contribution >= 4 is 28.6 Å². The van der Waals surface area contributed by atoms with Gasteiger partial charge in [-0.15, -0.1) is 22.7 Å². The number of aromatic nitrogens is 1. The molecule has 0 bridgehead atoms. The van der Waals surface area contributed by atoms with Gasteiger partial charge in [-0.1, -0.05) is 12.8 Å². The first-order valence-electron chi connectivity index (χ1n) is 7.01. The molecule has 3 rings (SSSR count). The molecule has 0 spiro atoms. The topological polar surface area (TPSA) is 42.0 Å². The second-order valence-electron chi connectivity index (χ2n) is 5.22. The highest BCUT2D eigenvalue weighted by molar-refractivity contribution is 7.16. The number of carbonyl (C=O) groups is 1. The molecule has 0 saturated heterocycles. The SMILES string of the molecule is Cc1nc(-c2ccc(CNC(=O)C3CCCC3)s2)cs1. The van der Waals surface area contributed by atoms with Gasteiger partial charge in [-0.25, -0.2) is 4.98 Å². The summed E-state index contributed by atoms with van der Waals surface area (Å²) in [4.78, 5) is 18.8. The average molecular weight is 306 g/mol. The molecule has 1 N–H and O–H groups in total. The van der Waals surface area contributed by atoms with Gasteiger partial charge in [0.05, 0.1) is 22.1 Å². The number of amides is 1. The van der Waals surface area contributed by atoms with Gasteiger partial charge < -0.3 is 5.32 Å². The zero-order chi connectivity index (χ0) is 13.9. The Morgan fingerprint density at radius 3 is 2.90 bits per heavy atom. The summed E-state index contributed by atoms with van der Waals surface area (Å²) in [7, 11) is 0. The predicted octanol–water partition coefficient (Wildman–Crippen LogP) is 3.99. The molecule has 1 fully saturated rings. The molecule has 1 saturated carbocycles. The van der Waals surface area contributed by atoms with Gasteiger partial charge in [-0.3, -0.25) is 4.79 Å². The molecule has 1 amide bonds. The summed E-state index contributed by atoms with van der Waals surface area (Å²) in [6.07, 6.45) is 4.51. The summed E-state index contributed by atoms with van der Waals surface area (Å²) in [6.45, 7) is 2.66. The highest BCUT2D eigenvalue weighted by Gasteiger charge is 2.22. The van der Waals surface area contributed by atoms with Crippen molar-refractivity contribution in [1.82, 2.24) is 10.3 Å². The standard InChI is InChI=1S/C15H18N2OS2/c1-10-17-13(9-19-10)14-7-6-12(20-14)8-16-15(18)11-4-2-3-5-11/h6-7,9,11H,2-5,8H2,1H3,(H,16,18). The van der Waals surface area contributed by atoms with Crippen LogP contribution in [0.5, 0.6) is 0 Å². The van der Waals surface area contributed by atoms with Crippen molar-refractivity contribution in [2.24, 2.45) is 5.92 Å². The van der Waals surface area contributed by atoms with E-state index in [0.29, 0.717) is 6.54 Å². The Morgan fingerprint density at radius 1 is 1.40 bits per heavy atom. The monoisotopic (exact) mass is 306 g/mol. The van der Waals surface area contributed by atoms with Crippen LogP contribution in [0.15, 0.2) is 17.5 Å². The lowest BCUT2D eigenvalue weighted by Gasteiger charge is -2.08. The molecular weight excluding hydrogens is 288 g/mol. The van der Waals surface area contributed by atoms with Crippen LogP contribution in [0.3, 0.4) is 0 Å². The van der Waals surface area contributed by atoms with Gasteiger partial charge in [0.15, 0.2) is 0 Å². The Morgan fingerprint density at radius 2 is 2.20 bits per heavy atom. The zero-order valence-electron chi connectivity index (χ0n) is 11.5. The maximum absolute atomic E-state index is 12.0. The van der Waals surface area contributed by atoms with E-state index in [1.165, 1.54) is 22.6 Å². The number of thiophene rings is 1. The number of aryl methyl sites for hydroxylation is 1. The molecule has 2 heterocycles. The summed E-state index contributed by atoms with van der Waals surface area (Å²) >= 11 is 3.38. The predicted molar refractivity (Wildman–Crippen MR) is 84.0 cm³/mol.